The molecule has 1 aliphatic heterocycles. The molecule has 0 aromatic rings. The van der Waals surface area contributed by atoms with Gasteiger partial charge in [0.1, 0.15) is 30.5 Å². The van der Waals surface area contributed by atoms with E-state index in [4.69, 9.17) is 14.2 Å². The highest BCUT2D eigenvalue weighted by atomic mass is 16.6. The average molecular weight is 412 g/mol. The molecule has 0 aromatic heterocycles. The molecule has 0 aliphatic carbocycles. The largest absolute Gasteiger partial charge is 0.394 e. The van der Waals surface area contributed by atoms with Crippen LogP contribution in [0.3, 0.4) is 0 Å². The lowest BCUT2D eigenvalue weighted by Gasteiger charge is -2.42. The van der Waals surface area contributed by atoms with Crippen molar-refractivity contribution in [3.8, 4) is 0 Å². The lowest BCUT2D eigenvalue weighted by atomic mass is 9.88. The Balaban J connectivity index is 2.75. The molecule has 0 aromatic carbocycles. The Morgan fingerprint density at radius 3 is 2.14 bits per heavy atom. The van der Waals surface area contributed by atoms with Crippen molar-refractivity contribution in [3.05, 3.63) is 0 Å². The average Bonchev–Trinajstić information content (AvgIpc) is 2.67. The molecule has 0 radical (unpaired) electrons. The summed E-state index contributed by atoms with van der Waals surface area (Å²) in [6, 6.07) is 0. The molecule has 0 saturated carbocycles. The van der Waals surface area contributed by atoms with Crippen LogP contribution in [0, 0.1) is 11.8 Å². The molecule has 10 heteroatoms. The Hall–Kier alpha value is -0.400. The molecule has 5 unspecified atom stereocenters. The van der Waals surface area contributed by atoms with Gasteiger partial charge in [0.15, 0.2) is 6.29 Å². The fraction of sp³-hybridized carbons (Fsp3) is 1.00. The Morgan fingerprint density at radius 1 is 1.04 bits per heavy atom. The van der Waals surface area contributed by atoms with Gasteiger partial charge in [0.2, 0.25) is 0 Å². The number of hydrogen-bond donors (Lipinski definition) is 7. The van der Waals surface area contributed by atoms with Crippen molar-refractivity contribution in [2.45, 2.75) is 82.8 Å². The normalized spacial score (nSPS) is 35.0. The maximum Gasteiger partial charge on any atom is 0.181 e. The predicted octanol–water partition coefficient (Wildman–Crippen LogP) is -2.42. The number of aliphatic hydroxyl groups excluding tert-OH is 7. The first-order valence-corrected chi connectivity index (χ1v) is 9.59. The summed E-state index contributed by atoms with van der Waals surface area (Å²) in [6.45, 7) is 5.32. The van der Waals surface area contributed by atoms with Crippen molar-refractivity contribution in [1.29, 1.82) is 0 Å². The minimum atomic E-state index is -1.66. The van der Waals surface area contributed by atoms with Crippen LogP contribution in [0.5, 0.6) is 0 Å². The van der Waals surface area contributed by atoms with E-state index < -0.39 is 61.5 Å². The van der Waals surface area contributed by atoms with Crippen molar-refractivity contribution in [2.75, 3.05) is 19.8 Å². The van der Waals surface area contributed by atoms with Gasteiger partial charge in [0.05, 0.1) is 38.1 Å². The van der Waals surface area contributed by atoms with Gasteiger partial charge >= 0.3 is 0 Å². The van der Waals surface area contributed by atoms with Crippen LogP contribution in [0.15, 0.2) is 0 Å². The zero-order valence-corrected chi connectivity index (χ0v) is 16.8. The highest BCUT2D eigenvalue weighted by molar-refractivity contribution is 4.90. The first kappa shape index (κ1) is 25.6. The van der Waals surface area contributed by atoms with E-state index in [9.17, 15) is 35.7 Å². The second-order valence-electron chi connectivity index (χ2n) is 7.66. The van der Waals surface area contributed by atoms with E-state index in [0.717, 1.165) is 0 Å². The summed E-state index contributed by atoms with van der Waals surface area (Å²) < 4.78 is 16.5. The van der Waals surface area contributed by atoms with Gasteiger partial charge in [-0.25, -0.2) is 0 Å². The van der Waals surface area contributed by atoms with Gasteiger partial charge < -0.3 is 50.0 Å². The third-order valence-corrected chi connectivity index (χ3v) is 5.30. The fourth-order valence-corrected chi connectivity index (χ4v) is 3.09. The van der Waals surface area contributed by atoms with Gasteiger partial charge in [-0.15, -0.1) is 0 Å². The molecular weight excluding hydrogens is 376 g/mol. The highest BCUT2D eigenvalue weighted by Crippen LogP contribution is 2.28. The van der Waals surface area contributed by atoms with Gasteiger partial charge in [-0.3, -0.25) is 0 Å². The Labute approximate surface area is 165 Å². The van der Waals surface area contributed by atoms with Crippen molar-refractivity contribution < 1.29 is 50.0 Å². The van der Waals surface area contributed by atoms with E-state index in [1.807, 2.05) is 0 Å². The Morgan fingerprint density at radius 2 is 1.64 bits per heavy atom. The monoisotopic (exact) mass is 412 g/mol. The molecule has 28 heavy (non-hydrogen) atoms. The highest BCUT2D eigenvalue weighted by Gasteiger charge is 2.42. The quantitative estimate of drug-likeness (QED) is 0.181. The molecule has 168 valence electrons. The van der Waals surface area contributed by atoms with Crippen LogP contribution in [-0.4, -0.2) is 111 Å². The summed E-state index contributed by atoms with van der Waals surface area (Å²) in [7, 11) is 0. The Kier molecular flexibility index (Phi) is 10.7. The van der Waals surface area contributed by atoms with Gasteiger partial charge in [-0.1, -0.05) is 13.8 Å². The van der Waals surface area contributed by atoms with Gasteiger partial charge in [0.25, 0.3) is 0 Å². The smallest absolute Gasteiger partial charge is 0.181 e. The molecule has 10 nitrogen and oxygen atoms in total. The minimum Gasteiger partial charge on any atom is -0.394 e. The zero-order valence-electron chi connectivity index (χ0n) is 16.8. The predicted molar refractivity (Wildman–Crippen MR) is 97.2 cm³/mol. The SMILES string of the molecule is CC(CO[C@@H]1C(CO)O[C@@H](C)[C@@H](C)C1O)[C@@H](O)[C@H](O[C@H](O)C(C)O)C(O)CO. The van der Waals surface area contributed by atoms with Crippen LogP contribution in [0.1, 0.15) is 27.7 Å². The topological polar surface area (TPSA) is 169 Å². The zero-order chi connectivity index (χ0) is 21.6. The maximum atomic E-state index is 10.5. The van der Waals surface area contributed by atoms with E-state index >= 15 is 0 Å². The van der Waals surface area contributed by atoms with Crippen molar-refractivity contribution in [1.82, 2.24) is 0 Å². The van der Waals surface area contributed by atoms with Crippen molar-refractivity contribution in [3.63, 3.8) is 0 Å². The van der Waals surface area contributed by atoms with Crippen LogP contribution in [0.2, 0.25) is 0 Å². The number of aliphatic hydroxyl groups is 7. The molecule has 1 aliphatic rings. The van der Waals surface area contributed by atoms with Gasteiger partial charge in [-0.05, 0) is 13.8 Å². The van der Waals surface area contributed by atoms with Crippen molar-refractivity contribution >= 4 is 0 Å². The van der Waals surface area contributed by atoms with E-state index in [-0.39, 0.29) is 25.2 Å². The molecule has 0 bridgehead atoms. The van der Waals surface area contributed by atoms with E-state index in [0.29, 0.717) is 0 Å². The second-order valence-corrected chi connectivity index (χ2v) is 7.66. The fourth-order valence-electron chi connectivity index (χ4n) is 3.09. The summed E-state index contributed by atoms with van der Waals surface area (Å²) in [5.41, 5.74) is 0. The van der Waals surface area contributed by atoms with Crippen LogP contribution < -0.4 is 0 Å². The lowest BCUT2D eigenvalue weighted by Crippen LogP contribution is -2.56. The Bertz CT molecular complexity index is 435. The summed E-state index contributed by atoms with van der Waals surface area (Å²) >= 11 is 0. The van der Waals surface area contributed by atoms with E-state index in [1.54, 1.807) is 20.8 Å². The van der Waals surface area contributed by atoms with Crippen LogP contribution in [0.25, 0.3) is 0 Å². The lowest BCUT2D eigenvalue weighted by molar-refractivity contribution is -0.242. The molecule has 1 saturated heterocycles. The molecular formula is C18H36O10. The number of hydrogen-bond acceptors (Lipinski definition) is 10. The molecule has 1 fully saturated rings. The van der Waals surface area contributed by atoms with E-state index in [1.165, 1.54) is 6.92 Å². The molecule has 11 atom stereocenters. The number of rotatable bonds is 11. The number of ether oxygens (including phenoxy) is 3. The summed E-state index contributed by atoms with van der Waals surface area (Å²) in [5.74, 6) is -0.866. The van der Waals surface area contributed by atoms with Crippen LogP contribution in [-0.2, 0) is 14.2 Å². The summed E-state index contributed by atoms with van der Waals surface area (Å²) in [6.07, 6.45) is -9.84. The first-order chi connectivity index (χ1) is 13.0. The molecule has 1 rings (SSSR count). The van der Waals surface area contributed by atoms with Gasteiger partial charge in [0, 0.05) is 11.8 Å². The molecule has 1 heterocycles. The molecule has 7 N–H and O–H groups in total. The third kappa shape index (κ3) is 6.56. The molecule has 0 spiro atoms. The summed E-state index contributed by atoms with van der Waals surface area (Å²) in [5, 5.41) is 68.6. The minimum absolute atomic E-state index is 0.0767. The van der Waals surface area contributed by atoms with Crippen LogP contribution in [0.4, 0.5) is 0 Å². The van der Waals surface area contributed by atoms with E-state index in [2.05, 4.69) is 0 Å². The second kappa shape index (κ2) is 11.7. The third-order valence-electron chi connectivity index (χ3n) is 5.30. The maximum absolute atomic E-state index is 10.5. The van der Waals surface area contributed by atoms with Gasteiger partial charge in [-0.2, -0.15) is 0 Å². The summed E-state index contributed by atoms with van der Waals surface area (Å²) in [4.78, 5) is 0. The molecule has 0 amide bonds. The van der Waals surface area contributed by atoms with Crippen molar-refractivity contribution in [2.24, 2.45) is 11.8 Å². The first-order valence-electron chi connectivity index (χ1n) is 9.59. The van der Waals surface area contributed by atoms with Crippen LogP contribution >= 0.6 is 0 Å². The standard InChI is InChI=1S/C18H36O10/c1-8(14(23)16(12(22)5-19)28-18(25)10(3)21)7-26-17-13(6-20)27-11(4)9(2)15(17)24/h8-25H,5-7H2,1-4H3/t8?,9-,10?,11+,12?,13?,14-,15?,16-,17-,18+/m1/s1.